The van der Waals surface area contributed by atoms with E-state index in [-0.39, 0.29) is 6.03 Å². The van der Waals surface area contributed by atoms with E-state index in [2.05, 4.69) is 48.7 Å². The molecular weight excluding hydrogens is 248 g/mol. The van der Waals surface area contributed by atoms with Crippen LogP contribution in [-0.2, 0) is 6.54 Å². The lowest BCUT2D eigenvalue weighted by atomic mass is 9.96. The van der Waals surface area contributed by atoms with Crippen molar-refractivity contribution in [1.29, 1.82) is 0 Å². The largest absolute Gasteiger partial charge is 0.335 e. The molecule has 0 radical (unpaired) electrons. The van der Waals surface area contributed by atoms with Crippen LogP contribution in [0.2, 0.25) is 0 Å². The van der Waals surface area contributed by atoms with Crippen LogP contribution in [-0.4, -0.2) is 12.1 Å². The summed E-state index contributed by atoms with van der Waals surface area (Å²) in [4.78, 5) is 11.8. The van der Waals surface area contributed by atoms with Gasteiger partial charge in [0.1, 0.15) is 0 Å². The van der Waals surface area contributed by atoms with Gasteiger partial charge in [-0.15, -0.1) is 0 Å². The Morgan fingerprint density at radius 1 is 1.15 bits per heavy atom. The standard InChI is InChI=1S/C17H26N2O/c1-13(2)15-10-8-14(9-11-15)12-18-17(20)19-16-6-4-3-5-7-16/h8-11,13,16H,3-7,12H2,1-2H3,(H2,18,19,20). The van der Waals surface area contributed by atoms with Gasteiger partial charge in [-0.3, -0.25) is 0 Å². The number of hydrogen-bond acceptors (Lipinski definition) is 1. The van der Waals surface area contributed by atoms with Crippen LogP contribution in [0.3, 0.4) is 0 Å². The summed E-state index contributed by atoms with van der Waals surface area (Å²) >= 11 is 0. The van der Waals surface area contributed by atoms with E-state index in [1.807, 2.05) is 0 Å². The molecule has 0 saturated heterocycles. The SMILES string of the molecule is CC(C)c1ccc(CNC(=O)NC2CCCCC2)cc1. The van der Waals surface area contributed by atoms with Crippen LogP contribution < -0.4 is 10.6 Å². The molecule has 0 heterocycles. The molecule has 1 aliphatic rings. The topological polar surface area (TPSA) is 41.1 Å². The number of nitrogens with one attached hydrogen (secondary N) is 2. The summed E-state index contributed by atoms with van der Waals surface area (Å²) in [5, 5.41) is 6.01. The van der Waals surface area contributed by atoms with Crippen LogP contribution in [0.5, 0.6) is 0 Å². The summed E-state index contributed by atoms with van der Waals surface area (Å²) in [7, 11) is 0. The molecule has 2 N–H and O–H groups in total. The Morgan fingerprint density at radius 3 is 2.40 bits per heavy atom. The summed E-state index contributed by atoms with van der Waals surface area (Å²) in [6, 6.07) is 8.80. The second kappa shape index (κ2) is 7.32. The number of hydrogen-bond donors (Lipinski definition) is 2. The highest BCUT2D eigenvalue weighted by Crippen LogP contribution is 2.17. The highest BCUT2D eigenvalue weighted by Gasteiger charge is 2.15. The van der Waals surface area contributed by atoms with E-state index in [4.69, 9.17) is 0 Å². The Balaban J connectivity index is 1.74. The summed E-state index contributed by atoms with van der Waals surface area (Å²) in [5.41, 5.74) is 2.48. The van der Waals surface area contributed by atoms with E-state index in [0.717, 1.165) is 18.4 Å². The maximum absolute atomic E-state index is 11.8. The van der Waals surface area contributed by atoms with Crippen LogP contribution >= 0.6 is 0 Å². The fraction of sp³-hybridized carbons (Fsp3) is 0.588. The summed E-state index contributed by atoms with van der Waals surface area (Å²) in [5.74, 6) is 0.548. The van der Waals surface area contributed by atoms with Gasteiger partial charge in [0.05, 0.1) is 0 Å². The average Bonchev–Trinajstić information content (AvgIpc) is 2.46. The smallest absolute Gasteiger partial charge is 0.315 e. The number of urea groups is 1. The minimum Gasteiger partial charge on any atom is -0.335 e. The first-order chi connectivity index (χ1) is 9.65. The van der Waals surface area contributed by atoms with Crippen molar-refractivity contribution in [3.05, 3.63) is 35.4 Å². The first-order valence-electron chi connectivity index (χ1n) is 7.78. The Labute approximate surface area is 122 Å². The minimum absolute atomic E-state index is 0.0372. The molecule has 0 aliphatic heterocycles. The van der Waals surface area contributed by atoms with Crippen LogP contribution in [0.4, 0.5) is 4.79 Å². The number of amides is 2. The minimum atomic E-state index is -0.0372. The van der Waals surface area contributed by atoms with Crippen molar-refractivity contribution in [1.82, 2.24) is 10.6 Å². The van der Waals surface area contributed by atoms with Gasteiger partial charge in [-0.25, -0.2) is 4.79 Å². The maximum atomic E-state index is 11.8. The highest BCUT2D eigenvalue weighted by molar-refractivity contribution is 5.74. The molecule has 20 heavy (non-hydrogen) atoms. The summed E-state index contributed by atoms with van der Waals surface area (Å²) < 4.78 is 0. The van der Waals surface area contributed by atoms with Gasteiger partial charge in [0.2, 0.25) is 0 Å². The van der Waals surface area contributed by atoms with Gasteiger partial charge >= 0.3 is 6.03 Å². The van der Waals surface area contributed by atoms with Gasteiger partial charge in [0.25, 0.3) is 0 Å². The second-order valence-corrected chi connectivity index (χ2v) is 6.06. The predicted octanol–water partition coefficient (Wildman–Crippen LogP) is 3.94. The van der Waals surface area contributed by atoms with Crippen LogP contribution in [0, 0.1) is 0 Å². The van der Waals surface area contributed by atoms with E-state index in [1.165, 1.54) is 24.8 Å². The van der Waals surface area contributed by atoms with Gasteiger partial charge in [0.15, 0.2) is 0 Å². The molecule has 3 nitrogen and oxygen atoms in total. The lowest BCUT2D eigenvalue weighted by molar-refractivity contribution is 0.232. The fourth-order valence-electron chi connectivity index (χ4n) is 2.69. The molecule has 2 rings (SSSR count). The Kier molecular flexibility index (Phi) is 5.45. The third-order valence-corrected chi connectivity index (χ3v) is 4.04. The Bertz CT molecular complexity index is 419. The zero-order chi connectivity index (χ0) is 14.4. The van der Waals surface area contributed by atoms with Crippen molar-refractivity contribution in [2.75, 3.05) is 0 Å². The molecule has 1 fully saturated rings. The Hall–Kier alpha value is -1.51. The molecule has 1 aromatic rings. The summed E-state index contributed by atoms with van der Waals surface area (Å²) in [6.45, 7) is 4.96. The van der Waals surface area contributed by atoms with Gasteiger partial charge in [-0.2, -0.15) is 0 Å². The number of carbonyl (C=O) groups is 1. The maximum Gasteiger partial charge on any atom is 0.315 e. The van der Waals surface area contributed by atoms with Crippen molar-refractivity contribution in [2.24, 2.45) is 0 Å². The third-order valence-electron chi connectivity index (χ3n) is 4.04. The normalized spacial score (nSPS) is 16.1. The summed E-state index contributed by atoms with van der Waals surface area (Å²) in [6.07, 6.45) is 6.03. The molecule has 0 aromatic heterocycles. The molecular formula is C17H26N2O. The second-order valence-electron chi connectivity index (χ2n) is 6.06. The number of rotatable bonds is 4. The first-order valence-corrected chi connectivity index (χ1v) is 7.78. The van der Waals surface area contributed by atoms with Gasteiger partial charge in [-0.1, -0.05) is 57.4 Å². The van der Waals surface area contributed by atoms with Crippen molar-refractivity contribution in [3.63, 3.8) is 0 Å². The molecule has 0 unspecified atom stereocenters. The van der Waals surface area contributed by atoms with E-state index >= 15 is 0 Å². The van der Waals surface area contributed by atoms with E-state index < -0.39 is 0 Å². The lowest BCUT2D eigenvalue weighted by Gasteiger charge is -2.22. The van der Waals surface area contributed by atoms with Gasteiger partial charge < -0.3 is 10.6 Å². The van der Waals surface area contributed by atoms with E-state index in [0.29, 0.717) is 18.5 Å². The van der Waals surface area contributed by atoms with Crippen molar-refractivity contribution in [2.45, 2.75) is 64.5 Å². The Morgan fingerprint density at radius 2 is 1.80 bits per heavy atom. The van der Waals surface area contributed by atoms with E-state index in [9.17, 15) is 4.79 Å². The highest BCUT2D eigenvalue weighted by atomic mass is 16.2. The van der Waals surface area contributed by atoms with Gasteiger partial charge in [-0.05, 0) is 29.9 Å². The molecule has 2 amide bonds. The molecule has 1 aromatic carbocycles. The monoisotopic (exact) mass is 274 g/mol. The van der Waals surface area contributed by atoms with Crippen LogP contribution in [0.25, 0.3) is 0 Å². The predicted molar refractivity (Wildman–Crippen MR) is 82.8 cm³/mol. The lowest BCUT2D eigenvalue weighted by Crippen LogP contribution is -2.42. The third kappa shape index (κ3) is 4.55. The number of carbonyl (C=O) groups excluding carboxylic acids is 1. The zero-order valence-corrected chi connectivity index (χ0v) is 12.6. The first kappa shape index (κ1) is 14.9. The van der Waals surface area contributed by atoms with Crippen molar-refractivity contribution < 1.29 is 4.79 Å². The molecule has 0 bridgehead atoms. The van der Waals surface area contributed by atoms with Gasteiger partial charge in [0, 0.05) is 12.6 Å². The average molecular weight is 274 g/mol. The van der Waals surface area contributed by atoms with E-state index in [1.54, 1.807) is 0 Å². The quantitative estimate of drug-likeness (QED) is 0.858. The van der Waals surface area contributed by atoms with Crippen molar-refractivity contribution in [3.8, 4) is 0 Å². The molecule has 0 atom stereocenters. The molecule has 1 aliphatic carbocycles. The van der Waals surface area contributed by atoms with Crippen LogP contribution in [0.15, 0.2) is 24.3 Å². The fourth-order valence-corrected chi connectivity index (χ4v) is 2.69. The molecule has 0 spiro atoms. The zero-order valence-electron chi connectivity index (χ0n) is 12.6. The molecule has 110 valence electrons. The van der Waals surface area contributed by atoms with Crippen molar-refractivity contribution >= 4 is 6.03 Å². The molecule has 3 heteroatoms. The molecule has 1 saturated carbocycles. The van der Waals surface area contributed by atoms with Crippen LogP contribution in [0.1, 0.15) is 63.0 Å². The number of benzene rings is 1.